The molecule has 138 valence electrons. The molecule has 0 aliphatic rings. The van der Waals surface area contributed by atoms with Crippen LogP contribution in [0.4, 0.5) is 5.82 Å². The lowest BCUT2D eigenvalue weighted by molar-refractivity contribution is 0.602. The average molecular weight is 399 g/mol. The smallest absolute Gasteiger partial charge is 0.263 e. The summed E-state index contributed by atoms with van der Waals surface area (Å²) in [5.74, 6) is 0.937. The van der Waals surface area contributed by atoms with Gasteiger partial charge >= 0.3 is 0 Å². The summed E-state index contributed by atoms with van der Waals surface area (Å²) >= 11 is 1.17. The first-order valence-electron chi connectivity index (χ1n) is 8.35. The fourth-order valence-corrected chi connectivity index (χ4v) is 5.03. The second-order valence-corrected chi connectivity index (χ2v) is 9.25. The van der Waals surface area contributed by atoms with Gasteiger partial charge in [-0.25, -0.2) is 13.4 Å². The Morgan fingerprint density at radius 3 is 2.59 bits per heavy atom. The summed E-state index contributed by atoms with van der Waals surface area (Å²) in [6.45, 7) is 5.84. The van der Waals surface area contributed by atoms with E-state index in [1.54, 1.807) is 28.3 Å². The Balaban J connectivity index is 1.84. The minimum Gasteiger partial charge on any atom is -0.263 e. The number of hydrogen-bond donors (Lipinski definition) is 1. The number of para-hydroxylation sites is 1. The molecule has 0 bridgehead atoms. The predicted molar refractivity (Wildman–Crippen MR) is 108 cm³/mol. The zero-order chi connectivity index (χ0) is 19.2. The van der Waals surface area contributed by atoms with Gasteiger partial charge in [-0.05, 0) is 49.4 Å². The van der Waals surface area contributed by atoms with Crippen LogP contribution in [0.3, 0.4) is 0 Å². The van der Waals surface area contributed by atoms with Gasteiger partial charge in [0.25, 0.3) is 10.0 Å². The Hall–Kier alpha value is -2.71. The summed E-state index contributed by atoms with van der Waals surface area (Å²) in [5.41, 5.74) is 3.69. The third-order valence-electron chi connectivity index (χ3n) is 4.28. The Kier molecular flexibility index (Phi) is 4.24. The molecule has 8 heteroatoms. The van der Waals surface area contributed by atoms with Gasteiger partial charge in [-0.2, -0.15) is 9.78 Å². The van der Waals surface area contributed by atoms with E-state index in [2.05, 4.69) is 9.82 Å². The van der Waals surface area contributed by atoms with E-state index in [0.717, 1.165) is 22.0 Å². The van der Waals surface area contributed by atoms with Crippen LogP contribution in [0.5, 0.6) is 0 Å². The number of pyridine rings is 1. The van der Waals surface area contributed by atoms with E-state index in [4.69, 9.17) is 4.98 Å². The average Bonchev–Trinajstić information content (AvgIpc) is 3.26. The number of nitrogens with zero attached hydrogens (tertiary/aromatic N) is 3. The molecule has 0 aliphatic heterocycles. The lowest BCUT2D eigenvalue weighted by atomic mass is 10.1. The van der Waals surface area contributed by atoms with E-state index in [9.17, 15) is 8.42 Å². The first-order chi connectivity index (χ1) is 12.8. The molecule has 0 spiro atoms. The Labute approximate surface area is 161 Å². The molecule has 1 aromatic carbocycles. The van der Waals surface area contributed by atoms with Crippen molar-refractivity contribution in [2.45, 2.75) is 25.0 Å². The van der Waals surface area contributed by atoms with E-state index in [1.165, 1.54) is 11.3 Å². The van der Waals surface area contributed by atoms with Crippen molar-refractivity contribution in [3.05, 3.63) is 64.7 Å². The van der Waals surface area contributed by atoms with Crippen LogP contribution in [0.1, 0.15) is 16.8 Å². The van der Waals surface area contributed by atoms with Crippen molar-refractivity contribution in [1.29, 1.82) is 0 Å². The minimum absolute atomic E-state index is 0.256. The SMILES string of the molecule is Cc1cc(NS(=O)(=O)c2cccs2)n(-c2cc(C)c3cccc(C)c3n2)n1. The molecule has 4 rings (SSSR count). The lowest BCUT2D eigenvalue weighted by Gasteiger charge is -2.12. The van der Waals surface area contributed by atoms with Crippen LogP contribution >= 0.6 is 11.3 Å². The number of aromatic nitrogens is 3. The second-order valence-electron chi connectivity index (χ2n) is 6.39. The van der Waals surface area contributed by atoms with Crippen molar-refractivity contribution < 1.29 is 8.42 Å². The molecule has 0 fully saturated rings. The molecule has 0 atom stereocenters. The largest absolute Gasteiger partial charge is 0.272 e. The molecule has 0 radical (unpaired) electrons. The molecule has 3 heterocycles. The number of aryl methyl sites for hydroxylation is 3. The summed E-state index contributed by atoms with van der Waals surface area (Å²) in [6.07, 6.45) is 0. The molecule has 6 nitrogen and oxygen atoms in total. The number of nitrogens with one attached hydrogen (secondary N) is 1. The highest BCUT2D eigenvalue weighted by molar-refractivity contribution is 7.94. The van der Waals surface area contributed by atoms with Gasteiger partial charge in [0.15, 0.2) is 5.82 Å². The molecule has 1 N–H and O–H groups in total. The third-order valence-corrected chi connectivity index (χ3v) is 7.03. The van der Waals surface area contributed by atoms with Crippen LogP contribution in [-0.4, -0.2) is 23.2 Å². The van der Waals surface area contributed by atoms with Gasteiger partial charge in [-0.15, -0.1) is 11.3 Å². The van der Waals surface area contributed by atoms with E-state index >= 15 is 0 Å². The molecule has 3 aromatic heterocycles. The highest BCUT2D eigenvalue weighted by Gasteiger charge is 2.20. The fraction of sp³-hybridized carbons (Fsp3) is 0.158. The summed E-state index contributed by atoms with van der Waals surface area (Å²) in [7, 11) is -3.67. The topological polar surface area (TPSA) is 76.9 Å². The van der Waals surface area contributed by atoms with E-state index in [-0.39, 0.29) is 4.21 Å². The highest BCUT2D eigenvalue weighted by Crippen LogP contribution is 2.26. The summed E-state index contributed by atoms with van der Waals surface area (Å²) < 4.78 is 29.7. The first-order valence-corrected chi connectivity index (χ1v) is 10.7. The molecular weight excluding hydrogens is 380 g/mol. The van der Waals surface area contributed by atoms with Crippen molar-refractivity contribution in [3.63, 3.8) is 0 Å². The zero-order valence-corrected chi connectivity index (χ0v) is 16.7. The number of benzene rings is 1. The monoisotopic (exact) mass is 398 g/mol. The number of sulfonamides is 1. The van der Waals surface area contributed by atoms with Crippen LogP contribution in [0.15, 0.2) is 52.1 Å². The Morgan fingerprint density at radius 2 is 1.85 bits per heavy atom. The minimum atomic E-state index is -3.67. The van der Waals surface area contributed by atoms with Gasteiger partial charge in [0, 0.05) is 11.5 Å². The number of thiophene rings is 1. The molecule has 0 aliphatic carbocycles. The number of rotatable bonds is 4. The van der Waals surface area contributed by atoms with Crippen LogP contribution < -0.4 is 4.72 Å². The molecule has 0 unspecified atom stereocenters. The number of fused-ring (bicyclic) bond motifs is 1. The summed E-state index contributed by atoms with van der Waals surface area (Å²) in [6, 6.07) is 12.9. The quantitative estimate of drug-likeness (QED) is 0.559. The second kappa shape index (κ2) is 6.47. The number of hydrogen-bond acceptors (Lipinski definition) is 5. The Morgan fingerprint density at radius 1 is 1.04 bits per heavy atom. The fourth-order valence-electron chi connectivity index (χ4n) is 3.00. The zero-order valence-electron chi connectivity index (χ0n) is 15.1. The molecular formula is C19H18N4O2S2. The van der Waals surface area contributed by atoms with Crippen molar-refractivity contribution in [1.82, 2.24) is 14.8 Å². The summed E-state index contributed by atoms with van der Waals surface area (Å²) in [4.78, 5) is 4.74. The predicted octanol–water partition coefficient (Wildman–Crippen LogP) is 4.21. The van der Waals surface area contributed by atoms with Gasteiger partial charge in [-0.3, -0.25) is 4.72 Å². The Bertz CT molecular complexity index is 1240. The molecule has 0 amide bonds. The maximum Gasteiger partial charge on any atom is 0.272 e. The van der Waals surface area contributed by atoms with Gasteiger partial charge in [-0.1, -0.05) is 24.3 Å². The molecule has 0 saturated heterocycles. The normalized spacial score (nSPS) is 11.8. The first kappa shape index (κ1) is 17.7. The maximum atomic E-state index is 12.6. The lowest BCUT2D eigenvalue weighted by Crippen LogP contribution is -2.15. The van der Waals surface area contributed by atoms with Gasteiger partial charge in [0.05, 0.1) is 11.2 Å². The third kappa shape index (κ3) is 3.22. The van der Waals surface area contributed by atoms with Crippen LogP contribution in [-0.2, 0) is 10.0 Å². The van der Waals surface area contributed by atoms with Crippen molar-refractivity contribution in [2.24, 2.45) is 0 Å². The highest BCUT2D eigenvalue weighted by atomic mass is 32.2. The van der Waals surface area contributed by atoms with Gasteiger partial charge in [0.2, 0.25) is 0 Å². The van der Waals surface area contributed by atoms with Crippen LogP contribution in [0, 0.1) is 20.8 Å². The molecule has 4 aromatic rings. The van der Waals surface area contributed by atoms with Gasteiger partial charge < -0.3 is 0 Å². The maximum absolute atomic E-state index is 12.6. The van der Waals surface area contributed by atoms with E-state index in [0.29, 0.717) is 17.3 Å². The van der Waals surface area contributed by atoms with E-state index < -0.39 is 10.0 Å². The standard InChI is InChI=1S/C19H18N4O2S2/c1-12-6-4-7-15-13(2)10-16(20-19(12)15)23-17(11-14(3)21-23)22-27(24,25)18-8-5-9-26-18/h4-11,22H,1-3H3. The van der Waals surface area contributed by atoms with Crippen molar-refractivity contribution >= 4 is 38.1 Å². The van der Waals surface area contributed by atoms with Gasteiger partial charge in [0.1, 0.15) is 10.0 Å². The van der Waals surface area contributed by atoms with Crippen molar-refractivity contribution in [2.75, 3.05) is 4.72 Å². The summed E-state index contributed by atoms with van der Waals surface area (Å²) in [5, 5.41) is 7.26. The van der Waals surface area contributed by atoms with Crippen LogP contribution in [0.25, 0.3) is 16.7 Å². The van der Waals surface area contributed by atoms with Crippen LogP contribution in [0.2, 0.25) is 0 Å². The molecule has 27 heavy (non-hydrogen) atoms. The molecule has 0 saturated carbocycles. The number of anilines is 1. The van der Waals surface area contributed by atoms with E-state index in [1.807, 2.05) is 45.0 Å². The van der Waals surface area contributed by atoms with Crippen molar-refractivity contribution in [3.8, 4) is 5.82 Å².